The summed E-state index contributed by atoms with van der Waals surface area (Å²) in [6, 6.07) is 0. The van der Waals surface area contributed by atoms with Gasteiger partial charge in [-0.15, -0.1) is 0 Å². The number of nitrogens with one attached hydrogen (secondary N) is 1. The molecule has 0 aromatic rings. The molecular weight excluding hydrogens is 222 g/mol. The van der Waals surface area contributed by atoms with E-state index in [1.54, 1.807) is 6.92 Å². The molecule has 17 heavy (non-hydrogen) atoms. The van der Waals surface area contributed by atoms with Crippen molar-refractivity contribution < 1.29 is 19.4 Å². The molecule has 5 nitrogen and oxygen atoms in total. The maximum Gasteiger partial charge on any atom is 0.308 e. The van der Waals surface area contributed by atoms with Gasteiger partial charge in [0.15, 0.2) is 0 Å². The second kappa shape index (κ2) is 8.44. The van der Waals surface area contributed by atoms with Crippen LogP contribution in [0.25, 0.3) is 0 Å². The van der Waals surface area contributed by atoms with Gasteiger partial charge in [-0.05, 0) is 32.2 Å². The number of rotatable bonds is 8. The Morgan fingerprint density at radius 1 is 1.65 bits per heavy atom. The average Bonchev–Trinajstić information content (AvgIpc) is 2.77. The molecule has 0 aromatic heterocycles. The summed E-state index contributed by atoms with van der Waals surface area (Å²) in [5, 5.41) is 12.7. The highest BCUT2D eigenvalue weighted by Gasteiger charge is 2.15. The third kappa shape index (κ3) is 6.61. The van der Waals surface area contributed by atoms with Crippen molar-refractivity contribution in [3.05, 3.63) is 0 Å². The van der Waals surface area contributed by atoms with E-state index in [0.29, 0.717) is 19.1 Å². The van der Waals surface area contributed by atoms with Crippen molar-refractivity contribution in [2.45, 2.75) is 32.3 Å². The van der Waals surface area contributed by atoms with Crippen LogP contribution in [-0.4, -0.2) is 50.1 Å². The van der Waals surface area contributed by atoms with Gasteiger partial charge in [0.05, 0.1) is 19.1 Å². The Kier molecular flexibility index (Phi) is 7.16. The minimum absolute atomic E-state index is 0.0629. The standard InChI is InChI=1S/C12H23NO4/c1-2-17-12(15)7-11(14)8-13-5-3-10-4-6-16-9-10/h10-11,13-14H,2-9H2,1H3. The summed E-state index contributed by atoms with van der Waals surface area (Å²) < 4.78 is 10.0. The summed E-state index contributed by atoms with van der Waals surface area (Å²) in [5.74, 6) is 0.302. The first-order chi connectivity index (χ1) is 8.22. The topological polar surface area (TPSA) is 67.8 Å². The Hall–Kier alpha value is -0.650. The van der Waals surface area contributed by atoms with Crippen LogP contribution in [0.4, 0.5) is 0 Å². The summed E-state index contributed by atoms with van der Waals surface area (Å²) in [4.78, 5) is 11.1. The van der Waals surface area contributed by atoms with Crippen LogP contribution in [0.3, 0.4) is 0 Å². The molecule has 1 aliphatic rings. The van der Waals surface area contributed by atoms with Crippen molar-refractivity contribution >= 4 is 5.97 Å². The van der Waals surface area contributed by atoms with E-state index in [-0.39, 0.29) is 12.4 Å². The largest absolute Gasteiger partial charge is 0.466 e. The maximum atomic E-state index is 11.1. The number of carbonyl (C=O) groups is 1. The van der Waals surface area contributed by atoms with Crippen molar-refractivity contribution in [1.82, 2.24) is 5.32 Å². The summed E-state index contributed by atoms with van der Waals surface area (Å²) in [7, 11) is 0. The highest BCUT2D eigenvalue weighted by atomic mass is 16.5. The molecule has 1 rings (SSSR count). The normalized spacial score (nSPS) is 21.4. The van der Waals surface area contributed by atoms with Crippen LogP contribution in [0.1, 0.15) is 26.2 Å². The molecule has 1 heterocycles. The monoisotopic (exact) mass is 245 g/mol. The van der Waals surface area contributed by atoms with E-state index >= 15 is 0 Å². The second-order valence-corrected chi connectivity index (χ2v) is 4.39. The maximum absolute atomic E-state index is 11.1. The van der Waals surface area contributed by atoms with Crippen LogP contribution in [0.2, 0.25) is 0 Å². The predicted octanol–water partition coefficient (Wildman–Crippen LogP) is 0.317. The molecular formula is C12H23NO4. The first-order valence-electron chi connectivity index (χ1n) is 6.34. The third-order valence-electron chi connectivity index (χ3n) is 2.84. The molecule has 1 aliphatic heterocycles. The number of esters is 1. The number of ether oxygens (including phenoxy) is 2. The van der Waals surface area contributed by atoms with Crippen LogP contribution < -0.4 is 5.32 Å². The van der Waals surface area contributed by atoms with Gasteiger partial charge in [0, 0.05) is 19.8 Å². The zero-order valence-electron chi connectivity index (χ0n) is 10.5. The third-order valence-corrected chi connectivity index (χ3v) is 2.84. The molecule has 0 spiro atoms. The SMILES string of the molecule is CCOC(=O)CC(O)CNCCC1CCOC1. The van der Waals surface area contributed by atoms with Gasteiger partial charge in [0.1, 0.15) is 0 Å². The Morgan fingerprint density at radius 2 is 2.47 bits per heavy atom. The lowest BCUT2D eigenvalue weighted by molar-refractivity contribution is -0.145. The van der Waals surface area contributed by atoms with Gasteiger partial charge in [-0.25, -0.2) is 0 Å². The van der Waals surface area contributed by atoms with Gasteiger partial charge in [-0.2, -0.15) is 0 Å². The number of carbonyl (C=O) groups excluding carboxylic acids is 1. The molecule has 2 N–H and O–H groups in total. The van der Waals surface area contributed by atoms with E-state index in [2.05, 4.69) is 5.32 Å². The Bertz CT molecular complexity index is 217. The zero-order valence-corrected chi connectivity index (χ0v) is 10.5. The highest BCUT2D eigenvalue weighted by molar-refractivity contribution is 5.69. The molecule has 0 aromatic carbocycles. The van der Waals surface area contributed by atoms with Crippen LogP contribution in [0, 0.1) is 5.92 Å². The molecule has 2 unspecified atom stereocenters. The minimum atomic E-state index is -0.658. The summed E-state index contributed by atoms with van der Waals surface area (Å²) in [5.41, 5.74) is 0. The van der Waals surface area contributed by atoms with Gasteiger partial charge in [0.25, 0.3) is 0 Å². The molecule has 5 heteroatoms. The minimum Gasteiger partial charge on any atom is -0.466 e. The summed E-state index contributed by atoms with van der Waals surface area (Å²) >= 11 is 0. The Labute approximate surface area is 102 Å². The van der Waals surface area contributed by atoms with Crippen molar-refractivity contribution in [3.8, 4) is 0 Å². The van der Waals surface area contributed by atoms with Gasteiger partial charge < -0.3 is 19.9 Å². The van der Waals surface area contributed by atoms with E-state index in [4.69, 9.17) is 9.47 Å². The van der Waals surface area contributed by atoms with Gasteiger partial charge >= 0.3 is 5.97 Å². The molecule has 1 saturated heterocycles. The fraction of sp³-hybridized carbons (Fsp3) is 0.917. The quantitative estimate of drug-likeness (QED) is 0.476. The highest BCUT2D eigenvalue weighted by Crippen LogP contribution is 2.15. The lowest BCUT2D eigenvalue weighted by Crippen LogP contribution is -2.30. The van der Waals surface area contributed by atoms with Crippen LogP contribution in [0.15, 0.2) is 0 Å². The Balaban J connectivity index is 1.95. The van der Waals surface area contributed by atoms with Crippen molar-refractivity contribution in [2.24, 2.45) is 5.92 Å². The molecule has 0 saturated carbocycles. The van der Waals surface area contributed by atoms with E-state index < -0.39 is 6.10 Å². The number of aliphatic hydroxyl groups excluding tert-OH is 1. The van der Waals surface area contributed by atoms with Crippen molar-refractivity contribution in [1.29, 1.82) is 0 Å². The van der Waals surface area contributed by atoms with Gasteiger partial charge in [-0.1, -0.05) is 0 Å². The predicted molar refractivity (Wildman–Crippen MR) is 63.7 cm³/mol. The number of hydrogen-bond acceptors (Lipinski definition) is 5. The molecule has 100 valence electrons. The van der Waals surface area contributed by atoms with E-state index in [1.165, 1.54) is 0 Å². The summed E-state index contributed by atoms with van der Waals surface area (Å²) in [6.45, 7) is 5.14. The molecule has 0 radical (unpaired) electrons. The van der Waals surface area contributed by atoms with Crippen molar-refractivity contribution in [3.63, 3.8) is 0 Å². The van der Waals surface area contributed by atoms with E-state index in [0.717, 1.165) is 32.6 Å². The van der Waals surface area contributed by atoms with Crippen LogP contribution in [-0.2, 0) is 14.3 Å². The van der Waals surface area contributed by atoms with Gasteiger partial charge in [0.2, 0.25) is 0 Å². The first-order valence-corrected chi connectivity index (χ1v) is 6.34. The fourth-order valence-electron chi connectivity index (χ4n) is 1.87. The first kappa shape index (κ1) is 14.4. The smallest absolute Gasteiger partial charge is 0.308 e. The zero-order chi connectivity index (χ0) is 12.5. The van der Waals surface area contributed by atoms with E-state index in [9.17, 15) is 9.90 Å². The lowest BCUT2D eigenvalue weighted by atomic mass is 10.1. The fourth-order valence-corrected chi connectivity index (χ4v) is 1.87. The lowest BCUT2D eigenvalue weighted by Gasteiger charge is -2.12. The van der Waals surface area contributed by atoms with E-state index in [1.807, 2.05) is 0 Å². The average molecular weight is 245 g/mol. The summed E-state index contributed by atoms with van der Waals surface area (Å²) in [6.07, 6.45) is 1.60. The second-order valence-electron chi connectivity index (χ2n) is 4.39. The molecule has 2 atom stereocenters. The Morgan fingerprint density at radius 3 is 3.12 bits per heavy atom. The molecule has 0 bridgehead atoms. The molecule has 0 aliphatic carbocycles. The van der Waals surface area contributed by atoms with Crippen molar-refractivity contribution in [2.75, 3.05) is 32.9 Å². The van der Waals surface area contributed by atoms with Gasteiger partial charge in [-0.3, -0.25) is 4.79 Å². The molecule has 0 amide bonds. The molecule has 1 fully saturated rings. The number of hydrogen-bond donors (Lipinski definition) is 2. The number of aliphatic hydroxyl groups is 1. The van der Waals surface area contributed by atoms with Crippen LogP contribution in [0.5, 0.6) is 0 Å². The van der Waals surface area contributed by atoms with Crippen LogP contribution >= 0.6 is 0 Å².